The van der Waals surface area contributed by atoms with E-state index in [9.17, 15) is 19.5 Å². The van der Waals surface area contributed by atoms with Crippen LogP contribution in [0, 0.1) is 0 Å². The fraction of sp³-hybridized carbons (Fsp3) is 0.214. The number of hydrogen-bond acceptors (Lipinski definition) is 8. The van der Waals surface area contributed by atoms with E-state index < -0.39 is 41.2 Å². The second-order valence-corrected chi connectivity index (χ2v) is 12.8. The summed E-state index contributed by atoms with van der Waals surface area (Å²) in [5.74, 6) is 0.699. The molecule has 53 heavy (non-hydrogen) atoms. The van der Waals surface area contributed by atoms with E-state index in [0.717, 1.165) is 37.6 Å². The van der Waals surface area contributed by atoms with Crippen LogP contribution in [0.1, 0.15) is 45.3 Å². The highest BCUT2D eigenvalue weighted by molar-refractivity contribution is 5.94. The summed E-state index contributed by atoms with van der Waals surface area (Å²) >= 11 is 0. The summed E-state index contributed by atoms with van der Waals surface area (Å²) in [6.07, 6.45) is -1.70. The van der Waals surface area contributed by atoms with Gasteiger partial charge < -0.3 is 29.4 Å². The molecule has 11 heteroatoms. The Bertz CT molecular complexity index is 2270. The number of methoxy groups -OCH3 is 2. The van der Waals surface area contributed by atoms with Crippen LogP contribution in [0.5, 0.6) is 11.5 Å². The maximum absolute atomic E-state index is 13.3. The molecule has 1 aliphatic rings. The van der Waals surface area contributed by atoms with Gasteiger partial charge in [-0.3, -0.25) is 19.1 Å². The molecule has 1 saturated heterocycles. The van der Waals surface area contributed by atoms with Gasteiger partial charge in [0.05, 0.1) is 26.9 Å². The molecule has 1 amide bonds. The Balaban J connectivity index is 1.15. The van der Waals surface area contributed by atoms with Crippen molar-refractivity contribution in [1.82, 2.24) is 14.9 Å². The lowest BCUT2D eigenvalue weighted by Crippen LogP contribution is -2.39. The first kappa shape index (κ1) is 35.4. The third-order valence-corrected chi connectivity index (χ3v) is 9.68. The number of aliphatic hydroxyl groups is 1. The number of rotatable bonds is 12. The lowest BCUT2D eigenvalue weighted by molar-refractivity contribution is -0.0944. The van der Waals surface area contributed by atoms with E-state index in [1.807, 2.05) is 121 Å². The van der Waals surface area contributed by atoms with Crippen LogP contribution in [-0.2, 0) is 21.6 Å². The smallest absolute Gasteiger partial charge is 0.330 e. The molecule has 1 fully saturated rings. The minimum absolute atomic E-state index is 0.0143. The molecule has 0 radical (unpaired) electrons. The maximum atomic E-state index is 13.3. The molecule has 0 aliphatic carbocycles. The minimum atomic E-state index is -1.16. The molecule has 11 nitrogen and oxygen atoms in total. The predicted molar refractivity (Wildman–Crippen MR) is 199 cm³/mol. The molecular weight excluding hydrogens is 674 g/mol. The standard InChI is InChI=1S/C42H39N3O8/c1-50-32-19-15-30(16-20-32)42(29-12-4-3-5-13-29,31-17-21-33(51-2)22-18-31)52-26-37-36(46)23-38(53-37)45-25-35(40(48)44-41(45)49)39(47)43-24-28-11-8-10-27-9-6-7-14-34(27)28/h3-22,25,36-38,46H,23-24,26H2,1-2H3,(H,43,47)(H,44,48,49)/t36-,37+,38+/m0/s1. The number of nitrogens with one attached hydrogen (secondary N) is 2. The molecule has 3 N–H and O–H groups in total. The van der Waals surface area contributed by atoms with Crippen molar-refractivity contribution in [1.29, 1.82) is 0 Å². The van der Waals surface area contributed by atoms with Crippen molar-refractivity contribution >= 4 is 16.7 Å². The fourth-order valence-electron chi connectivity index (χ4n) is 6.90. The molecule has 2 heterocycles. The minimum Gasteiger partial charge on any atom is -0.497 e. The Morgan fingerprint density at radius 1 is 0.830 bits per heavy atom. The average Bonchev–Trinajstić information content (AvgIpc) is 3.57. The zero-order valence-electron chi connectivity index (χ0n) is 29.2. The topological polar surface area (TPSA) is 141 Å². The number of aromatic amines is 1. The van der Waals surface area contributed by atoms with Gasteiger partial charge in [-0.1, -0.05) is 97.1 Å². The monoisotopic (exact) mass is 713 g/mol. The van der Waals surface area contributed by atoms with Gasteiger partial charge in [-0.25, -0.2) is 4.79 Å². The lowest BCUT2D eigenvalue weighted by atomic mass is 9.80. The number of amides is 1. The van der Waals surface area contributed by atoms with Gasteiger partial charge in [0.1, 0.15) is 35.0 Å². The van der Waals surface area contributed by atoms with E-state index in [-0.39, 0.29) is 25.1 Å². The second-order valence-electron chi connectivity index (χ2n) is 12.8. The van der Waals surface area contributed by atoms with Crippen molar-refractivity contribution in [2.75, 3.05) is 20.8 Å². The first-order chi connectivity index (χ1) is 25.8. The predicted octanol–water partition coefficient (Wildman–Crippen LogP) is 5.29. The van der Waals surface area contributed by atoms with Crippen LogP contribution in [-0.4, -0.2) is 53.6 Å². The second kappa shape index (κ2) is 15.3. The van der Waals surface area contributed by atoms with E-state index in [1.54, 1.807) is 14.2 Å². The maximum Gasteiger partial charge on any atom is 0.330 e. The number of H-pyrrole nitrogens is 1. The van der Waals surface area contributed by atoms with Crippen LogP contribution in [0.3, 0.4) is 0 Å². The van der Waals surface area contributed by atoms with E-state index in [1.165, 1.54) is 6.20 Å². The lowest BCUT2D eigenvalue weighted by Gasteiger charge is -2.37. The molecule has 0 bridgehead atoms. The van der Waals surface area contributed by atoms with Gasteiger partial charge in [-0.05, 0) is 57.3 Å². The van der Waals surface area contributed by atoms with Crippen molar-refractivity contribution in [2.45, 2.75) is 37.0 Å². The highest BCUT2D eigenvalue weighted by Crippen LogP contribution is 2.42. The van der Waals surface area contributed by atoms with Crippen LogP contribution in [0.25, 0.3) is 10.8 Å². The highest BCUT2D eigenvalue weighted by atomic mass is 16.6. The summed E-state index contributed by atoms with van der Waals surface area (Å²) in [4.78, 5) is 41.5. The van der Waals surface area contributed by atoms with Crippen LogP contribution in [0.15, 0.2) is 137 Å². The molecule has 1 aromatic heterocycles. The summed E-state index contributed by atoms with van der Waals surface area (Å²) in [5.41, 5.74) is 0.290. The van der Waals surface area contributed by atoms with E-state index in [2.05, 4.69) is 10.3 Å². The Hall–Kier alpha value is -6.01. The van der Waals surface area contributed by atoms with Crippen molar-refractivity contribution < 1.29 is 28.8 Å². The number of hydrogen-bond donors (Lipinski definition) is 3. The summed E-state index contributed by atoms with van der Waals surface area (Å²) in [5, 5.41) is 16.1. The Kier molecular flexibility index (Phi) is 10.2. The van der Waals surface area contributed by atoms with Crippen LogP contribution >= 0.6 is 0 Å². The van der Waals surface area contributed by atoms with Gasteiger partial charge in [0.15, 0.2) is 0 Å². The van der Waals surface area contributed by atoms with Crippen molar-refractivity contribution in [3.8, 4) is 11.5 Å². The van der Waals surface area contributed by atoms with Crippen LogP contribution in [0.2, 0.25) is 0 Å². The van der Waals surface area contributed by atoms with Gasteiger partial charge in [0, 0.05) is 19.2 Å². The third kappa shape index (κ3) is 7.10. The number of aliphatic hydroxyl groups excluding tert-OH is 1. The number of nitrogens with zero attached hydrogens (tertiary/aromatic N) is 1. The molecule has 1 aliphatic heterocycles. The quantitative estimate of drug-likeness (QED) is 0.145. The molecule has 6 aromatic rings. The van der Waals surface area contributed by atoms with Crippen molar-refractivity contribution in [3.05, 3.63) is 176 Å². The average molecular weight is 714 g/mol. The van der Waals surface area contributed by atoms with Crippen molar-refractivity contribution in [2.24, 2.45) is 0 Å². The molecule has 5 aromatic carbocycles. The molecule has 0 unspecified atom stereocenters. The summed E-state index contributed by atoms with van der Waals surface area (Å²) in [6.45, 7) is 0.0868. The van der Waals surface area contributed by atoms with E-state index in [0.29, 0.717) is 11.5 Å². The summed E-state index contributed by atoms with van der Waals surface area (Å²) in [6, 6.07) is 38.4. The highest BCUT2D eigenvalue weighted by Gasteiger charge is 2.42. The van der Waals surface area contributed by atoms with Gasteiger partial charge in [-0.15, -0.1) is 0 Å². The molecule has 0 saturated carbocycles. The Morgan fingerprint density at radius 3 is 2.09 bits per heavy atom. The first-order valence-electron chi connectivity index (χ1n) is 17.2. The zero-order valence-corrected chi connectivity index (χ0v) is 29.2. The van der Waals surface area contributed by atoms with Gasteiger partial charge in [0.25, 0.3) is 11.5 Å². The van der Waals surface area contributed by atoms with Gasteiger partial charge in [-0.2, -0.15) is 0 Å². The Morgan fingerprint density at radius 2 is 1.43 bits per heavy atom. The fourth-order valence-corrected chi connectivity index (χ4v) is 6.90. The van der Waals surface area contributed by atoms with Gasteiger partial charge in [0.2, 0.25) is 0 Å². The molecule has 0 spiro atoms. The summed E-state index contributed by atoms with van der Waals surface area (Å²) in [7, 11) is 3.20. The SMILES string of the molecule is COc1ccc(C(OC[C@H]2O[C@@H](n3cc(C(=O)NCc4cccc5ccccc45)c(=O)[nH]c3=O)C[C@@H]2O)(c2ccccc2)c2ccc(OC)cc2)cc1. The Labute approximate surface area is 305 Å². The zero-order chi connectivity index (χ0) is 37.0. The molecule has 270 valence electrons. The molecule has 3 atom stereocenters. The van der Waals surface area contributed by atoms with E-state index >= 15 is 0 Å². The molecular formula is C42H39N3O8. The largest absolute Gasteiger partial charge is 0.497 e. The normalized spacial score (nSPS) is 17.1. The molecule has 7 rings (SSSR count). The number of ether oxygens (including phenoxy) is 4. The number of aromatic nitrogens is 2. The van der Waals surface area contributed by atoms with Gasteiger partial charge >= 0.3 is 5.69 Å². The summed E-state index contributed by atoms with van der Waals surface area (Å²) < 4.78 is 25.2. The number of fused-ring (bicyclic) bond motifs is 1. The van der Waals surface area contributed by atoms with Crippen LogP contribution < -0.4 is 26.0 Å². The van der Waals surface area contributed by atoms with E-state index in [4.69, 9.17) is 18.9 Å². The number of carbonyl (C=O) groups is 1. The van der Waals surface area contributed by atoms with Crippen molar-refractivity contribution in [3.63, 3.8) is 0 Å². The number of carbonyl (C=O) groups excluding carboxylic acids is 1. The van der Waals surface area contributed by atoms with Crippen LogP contribution in [0.4, 0.5) is 0 Å². The first-order valence-corrected chi connectivity index (χ1v) is 17.2. The number of benzene rings is 5. The third-order valence-electron chi connectivity index (χ3n) is 9.68.